The summed E-state index contributed by atoms with van der Waals surface area (Å²) in [5.74, 6) is -0.711. The molecular formula is C9H16F3IO2. The first kappa shape index (κ1) is 15.0. The van der Waals surface area contributed by atoms with Gasteiger partial charge in [0.05, 0.1) is 0 Å². The second-order valence-electron chi connectivity index (χ2n) is 3.50. The topological polar surface area (TPSA) is 26.3 Å². The number of carbonyl (C=O) groups excluding carboxylic acids is 1. The molecule has 0 radical (unpaired) electrons. The Hall–Kier alpha value is -0.0100. The molecule has 0 bridgehead atoms. The maximum absolute atomic E-state index is 11.8. The molecule has 92 valence electrons. The van der Waals surface area contributed by atoms with Gasteiger partial charge < -0.3 is 0 Å². The zero-order valence-electron chi connectivity index (χ0n) is 9.24. The van der Waals surface area contributed by atoms with E-state index in [0.29, 0.717) is 6.42 Å². The number of ether oxygens (including phenoxy) is 1. The molecule has 0 heterocycles. The Morgan fingerprint density at radius 1 is 1.33 bits per heavy atom. The van der Waals surface area contributed by atoms with E-state index in [1.807, 2.05) is 9.86 Å². The summed E-state index contributed by atoms with van der Waals surface area (Å²) in [5.41, 5.74) is 0. The van der Waals surface area contributed by atoms with Crippen molar-refractivity contribution < 1.29 is 22.7 Å². The summed E-state index contributed by atoms with van der Waals surface area (Å²) < 4.78 is 39.1. The molecule has 2 nitrogen and oxygen atoms in total. The quantitative estimate of drug-likeness (QED) is 0.447. The van der Waals surface area contributed by atoms with Crippen LogP contribution in [-0.2, 0) is 9.53 Å². The van der Waals surface area contributed by atoms with Crippen LogP contribution in [0.3, 0.4) is 0 Å². The van der Waals surface area contributed by atoms with Crippen LogP contribution in [-0.4, -0.2) is 32.0 Å². The van der Waals surface area contributed by atoms with E-state index in [-0.39, 0.29) is 0 Å². The van der Waals surface area contributed by atoms with Gasteiger partial charge in [-0.2, -0.15) is 0 Å². The van der Waals surface area contributed by atoms with Gasteiger partial charge in [-0.1, -0.05) is 0 Å². The van der Waals surface area contributed by atoms with Crippen molar-refractivity contribution >= 4 is 25.8 Å². The Morgan fingerprint density at radius 2 is 1.80 bits per heavy atom. The molecule has 15 heavy (non-hydrogen) atoms. The van der Waals surface area contributed by atoms with Crippen LogP contribution in [0.2, 0.25) is 0 Å². The third-order valence-corrected chi connectivity index (χ3v) is 8.26. The molecule has 0 saturated heterocycles. The Labute approximate surface area is 94.9 Å². The Morgan fingerprint density at radius 3 is 2.07 bits per heavy atom. The summed E-state index contributed by atoms with van der Waals surface area (Å²) in [6.45, 7) is 2.01. The standard InChI is InChI=1S/C9H16F3IO2/c1-5-8(2,13(3)4)7(14)15-6-9(10,11)12/h5-6H2,1-4H3. The molecule has 6 heteroatoms. The van der Waals surface area contributed by atoms with Crippen molar-refractivity contribution in [3.05, 3.63) is 0 Å². The van der Waals surface area contributed by atoms with E-state index in [0.717, 1.165) is 0 Å². The fraction of sp³-hybridized carbons (Fsp3) is 0.889. The van der Waals surface area contributed by atoms with E-state index < -0.39 is 42.0 Å². The van der Waals surface area contributed by atoms with Crippen LogP contribution in [0.25, 0.3) is 0 Å². The molecule has 0 aromatic carbocycles. The van der Waals surface area contributed by atoms with E-state index in [1.54, 1.807) is 13.8 Å². The van der Waals surface area contributed by atoms with Crippen molar-refractivity contribution in [1.29, 1.82) is 0 Å². The third-order valence-electron chi connectivity index (χ3n) is 2.29. The monoisotopic (exact) mass is 340 g/mol. The summed E-state index contributed by atoms with van der Waals surface area (Å²) in [4.78, 5) is 15.4. The molecule has 0 aromatic rings. The van der Waals surface area contributed by atoms with E-state index in [4.69, 9.17) is 0 Å². The fourth-order valence-corrected chi connectivity index (χ4v) is 3.43. The predicted octanol–water partition coefficient (Wildman–Crippen LogP) is 3.03. The van der Waals surface area contributed by atoms with E-state index in [1.165, 1.54) is 0 Å². The molecule has 0 saturated carbocycles. The van der Waals surface area contributed by atoms with Gasteiger partial charge in [0.15, 0.2) is 0 Å². The number of hydrogen-bond donors (Lipinski definition) is 0. The average Bonchev–Trinajstić information content (AvgIpc) is 2.11. The van der Waals surface area contributed by atoms with Crippen molar-refractivity contribution in [2.24, 2.45) is 0 Å². The number of esters is 1. The second kappa shape index (κ2) is 5.36. The van der Waals surface area contributed by atoms with Gasteiger partial charge in [0, 0.05) is 0 Å². The normalized spacial score (nSPS) is 16.9. The average molecular weight is 340 g/mol. The summed E-state index contributed by atoms with van der Waals surface area (Å²) in [6.07, 6.45) is -3.91. The van der Waals surface area contributed by atoms with Crippen LogP contribution in [0.1, 0.15) is 20.3 Å². The summed E-state index contributed by atoms with van der Waals surface area (Å²) in [7, 11) is 0. The zero-order valence-corrected chi connectivity index (χ0v) is 11.4. The minimum absolute atomic E-state index is 0.529. The van der Waals surface area contributed by atoms with Crippen LogP contribution in [0.5, 0.6) is 0 Å². The second-order valence-corrected chi connectivity index (χ2v) is 10.2. The van der Waals surface area contributed by atoms with Gasteiger partial charge in [-0.3, -0.25) is 0 Å². The van der Waals surface area contributed by atoms with Gasteiger partial charge in [-0.05, 0) is 0 Å². The third kappa shape index (κ3) is 4.56. The first-order valence-electron chi connectivity index (χ1n) is 4.37. The molecule has 0 aliphatic heterocycles. The van der Waals surface area contributed by atoms with Gasteiger partial charge in [-0.15, -0.1) is 0 Å². The van der Waals surface area contributed by atoms with Crippen LogP contribution in [0.15, 0.2) is 0 Å². The number of alkyl halides is 6. The Kier molecular flexibility index (Phi) is 5.35. The molecular weight excluding hydrogens is 324 g/mol. The first-order valence-corrected chi connectivity index (χ1v) is 9.77. The number of halogens is 4. The van der Waals surface area contributed by atoms with Gasteiger partial charge in [-0.25, -0.2) is 0 Å². The predicted molar refractivity (Wildman–Crippen MR) is 61.6 cm³/mol. The summed E-state index contributed by atoms with van der Waals surface area (Å²) >= 11 is -1.56. The number of hydrogen-bond acceptors (Lipinski definition) is 2. The maximum atomic E-state index is 11.8. The molecule has 0 fully saturated rings. The van der Waals surface area contributed by atoms with Gasteiger partial charge in [0.2, 0.25) is 0 Å². The van der Waals surface area contributed by atoms with E-state index in [9.17, 15) is 18.0 Å². The summed E-state index contributed by atoms with van der Waals surface area (Å²) in [5, 5.41) is 0. The van der Waals surface area contributed by atoms with Crippen molar-refractivity contribution in [2.75, 3.05) is 16.5 Å². The SMILES string of the molecule is CCC(C)(C(=O)OCC(F)(F)F)I(C)C. The molecule has 0 amide bonds. The molecule has 0 N–H and O–H groups in total. The summed E-state index contributed by atoms with van der Waals surface area (Å²) in [6, 6.07) is 0. The van der Waals surface area contributed by atoms with Crippen molar-refractivity contribution in [2.45, 2.75) is 29.9 Å². The molecule has 1 unspecified atom stereocenters. The molecule has 0 rings (SSSR count). The first-order chi connectivity index (χ1) is 6.63. The fourth-order valence-electron chi connectivity index (χ4n) is 0.864. The van der Waals surface area contributed by atoms with Crippen LogP contribution in [0.4, 0.5) is 13.2 Å². The van der Waals surface area contributed by atoms with Crippen LogP contribution < -0.4 is 0 Å². The molecule has 0 spiro atoms. The number of carbonyl (C=O) groups is 1. The zero-order chi connectivity index (χ0) is 12.3. The van der Waals surface area contributed by atoms with Crippen LogP contribution in [0, 0.1) is 0 Å². The molecule has 0 aliphatic rings. The van der Waals surface area contributed by atoms with Gasteiger partial charge >= 0.3 is 94.8 Å². The molecule has 0 aliphatic carbocycles. The Balaban J connectivity index is 4.43. The Bertz CT molecular complexity index is 228. The van der Waals surface area contributed by atoms with Gasteiger partial charge in [0.1, 0.15) is 0 Å². The molecule has 1 atom stereocenters. The number of rotatable bonds is 4. The van der Waals surface area contributed by atoms with Crippen LogP contribution >= 0.6 is 19.8 Å². The molecule has 0 aromatic heterocycles. The van der Waals surface area contributed by atoms with Crippen molar-refractivity contribution in [1.82, 2.24) is 0 Å². The van der Waals surface area contributed by atoms with E-state index >= 15 is 0 Å². The van der Waals surface area contributed by atoms with Crippen molar-refractivity contribution in [3.63, 3.8) is 0 Å². The van der Waals surface area contributed by atoms with Crippen molar-refractivity contribution in [3.8, 4) is 0 Å². The van der Waals surface area contributed by atoms with E-state index in [2.05, 4.69) is 4.74 Å². The minimum atomic E-state index is -4.44. The van der Waals surface area contributed by atoms with Gasteiger partial charge in [0.25, 0.3) is 0 Å².